The highest BCUT2D eigenvalue weighted by atomic mass is 16.6. The van der Waals surface area contributed by atoms with Gasteiger partial charge in [0.2, 0.25) is 5.91 Å². The number of hydrogen-bond donors (Lipinski definition) is 0. The maximum Gasteiger partial charge on any atom is 0.269 e. The van der Waals surface area contributed by atoms with Gasteiger partial charge in [-0.25, -0.2) is 0 Å². The summed E-state index contributed by atoms with van der Waals surface area (Å²) in [4.78, 5) is 27.8. The van der Waals surface area contributed by atoms with Crippen molar-refractivity contribution in [1.82, 2.24) is 9.80 Å². The normalized spacial score (nSPS) is 19.9. The van der Waals surface area contributed by atoms with Crippen LogP contribution in [0.15, 0.2) is 48.5 Å². The molecule has 0 bridgehead atoms. The Morgan fingerprint density at radius 1 is 1.07 bits per heavy atom. The number of nitro groups is 1. The lowest BCUT2D eigenvalue weighted by molar-refractivity contribution is -0.384. The summed E-state index contributed by atoms with van der Waals surface area (Å²) < 4.78 is 0. The van der Waals surface area contributed by atoms with Crippen molar-refractivity contribution >= 4 is 11.6 Å². The molecule has 6 nitrogen and oxygen atoms in total. The Hall–Kier alpha value is -2.73. The van der Waals surface area contributed by atoms with Crippen molar-refractivity contribution < 1.29 is 9.72 Å². The van der Waals surface area contributed by atoms with Gasteiger partial charge in [-0.15, -0.1) is 0 Å². The summed E-state index contributed by atoms with van der Waals surface area (Å²) in [5.74, 6) is 0.306. The van der Waals surface area contributed by atoms with Gasteiger partial charge in [-0.1, -0.05) is 36.4 Å². The molecule has 0 spiro atoms. The van der Waals surface area contributed by atoms with Gasteiger partial charge >= 0.3 is 0 Å². The van der Waals surface area contributed by atoms with Gasteiger partial charge in [0.1, 0.15) is 0 Å². The third kappa shape index (κ3) is 4.07. The van der Waals surface area contributed by atoms with E-state index in [1.807, 2.05) is 23.1 Å². The van der Waals surface area contributed by atoms with Crippen molar-refractivity contribution in [3.8, 4) is 0 Å². The Balaban J connectivity index is 1.37. The highest BCUT2D eigenvalue weighted by Crippen LogP contribution is 2.25. The summed E-state index contributed by atoms with van der Waals surface area (Å²) in [6.45, 7) is 3.96. The van der Waals surface area contributed by atoms with E-state index in [9.17, 15) is 14.9 Å². The maximum absolute atomic E-state index is 13.1. The van der Waals surface area contributed by atoms with Gasteiger partial charge in [-0.2, -0.15) is 0 Å². The number of benzene rings is 2. The molecule has 146 valence electrons. The van der Waals surface area contributed by atoms with Gasteiger partial charge in [-0.05, 0) is 42.5 Å². The number of likely N-dealkylation sites (tertiary alicyclic amines) is 1. The van der Waals surface area contributed by atoms with Gasteiger partial charge in [0.25, 0.3) is 5.69 Å². The molecule has 0 aliphatic carbocycles. The first-order valence-corrected chi connectivity index (χ1v) is 9.91. The molecule has 0 N–H and O–H groups in total. The van der Waals surface area contributed by atoms with E-state index in [2.05, 4.69) is 23.1 Å². The largest absolute Gasteiger partial charge is 0.338 e. The van der Waals surface area contributed by atoms with E-state index < -0.39 is 0 Å². The van der Waals surface area contributed by atoms with Crippen molar-refractivity contribution in [3.63, 3.8) is 0 Å². The van der Waals surface area contributed by atoms with Crippen LogP contribution in [0.1, 0.15) is 29.5 Å². The predicted molar refractivity (Wildman–Crippen MR) is 107 cm³/mol. The predicted octanol–water partition coefficient (Wildman–Crippen LogP) is 3.39. The minimum atomic E-state index is -0.379. The molecule has 2 aliphatic heterocycles. The van der Waals surface area contributed by atoms with Crippen LogP contribution in [0.5, 0.6) is 0 Å². The van der Waals surface area contributed by atoms with Gasteiger partial charge in [0, 0.05) is 38.3 Å². The fourth-order valence-corrected chi connectivity index (χ4v) is 4.32. The van der Waals surface area contributed by atoms with Crippen LogP contribution in [0.25, 0.3) is 0 Å². The van der Waals surface area contributed by atoms with Crippen molar-refractivity contribution in [2.24, 2.45) is 5.92 Å². The first kappa shape index (κ1) is 18.6. The van der Waals surface area contributed by atoms with Gasteiger partial charge < -0.3 is 4.90 Å². The SMILES string of the molecule is O=C([C@@H]1CCCN(Cc2ccc([N+](=O)[O-])cc2)C1)N1CCc2ccccc2C1. The number of non-ortho nitro benzene ring substituents is 1. The zero-order valence-electron chi connectivity index (χ0n) is 15.9. The lowest BCUT2D eigenvalue weighted by Gasteiger charge is -2.36. The second-order valence-electron chi connectivity index (χ2n) is 7.78. The quantitative estimate of drug-likeness (QED) is 0.603. The molecule has 0 radical (unpaired) electrons. The lowest BCUT2D eigenvalue weighted by Crippen LogP contribution is -2.46. The van der Waals surface area contributed by atoms with Gasteiger partial charge in [-0.3, -0.25) is 19.8 Å². The van der Waals surface area contributed by atoms with Crippen LogP contribution in [-0.2, 0) is 24.3 Å². The smallest absolute Gasteiger partial charge is 0.269 e. The number of fused-ring (bicyclic) bond motifs is 1. The summed E-state index contributed by atoms with van der Waals surface area (Å²) >= 11 is 0. The van der Waals surface area contributed by atoms with Gasteiger partial charge in [0.05, 0.1) is 10.8 Å². The molecule has 6 heteroatoms. The minimum absolute atomic E-state index is 0.0389. The molecule has 0 saturated carbocycles. The topological polar surface area (TPSA) is 66.7 Å². The molecule has 1 amide bonds. The van der Waals surface area contributed by atoms with Crippen molar-refractivity contribution in [3.05, 3.63) is 75.3 Å². The number of carbonyl (C=O) groups excluding carboxylic acids is 1. The van der Waals surface area contributed by atoms with Crippen LogP contribution < -0.4 is 0 Å². The second kappa shape index (κ2) is 8.10. The molecule has 2 aromatic rings. The van der Waals surface area contributed by atoms with Crippen LogP contribution in [0.4, 0.5) is 5.69 Å². The van der Waals surface area contributed by atoms with Crippen LogP contribution in [0.2, 0.25) is 0 Å². The van der Waals surface area contributed by atoms with Crippen molar-refractivity contribution in [2.45, 2.75) is 32.4 Å². The van der Waals surface area contributed by atoms with E-state index in [0.29, 0.717) is 6.54 Å². The van der Waals surface area contributed by atoms with Crippen LogP contribution >= 0.6 is 0 Å². The summed E-state index contributed by atoms with van der Waals surface area (Å²) in [6, 6.07) is 15.1. The molecule has 2 aliphatic rings. The zero-order valence-corrected chi connectivity index (χ0v) is 15.9. The maximum atomic E-state index is 13.1. The fraction of sp³-hybridized carbons (Fsp3) is 0.409. The minimum Gasteiger partial charge on any atom is -0.338 e. The summed E-state index contributed by atoms with van der Waals surface area (Å²) in [6.07, 6.45) is 2.88. The Kier molecular flexibility index (Phi) is 5.39. The Morgan fingerprint density at radius 2 is 1.82 bits per heavy atom. The standard InChI is InChI=1S/C22H25N3O3/c26-22(24-13-11-18-4-1-2-5-19(18)16-24)20-6-3-12-23(15-20)14-17-7-9-21(10-8-17)25(27)28/h1-2,4-5,7-10,20H,3,6,11-16H2/t20-/m1/s1. The molecule has 1 fully saturated rings. The van der Waals surface area contributed by atoms with E-state index in [1.165, 1.54) is 11.1 Å². The van der Waals surface area contributed by atoms with Crippen LogP contribution in [0.3, 0.4) is 0 Å². The summed E-state index contributed by atoms with van der Waals surface area (Å²) in [5, 5.41) is 10.8. The van der Waals surface area contributed by atoms with Crippen molar-refractivity contribution in [2.75, 3.05) is 19.6 Å². The third-order valence-corrected chi connectivity index (χ3v) is 5.85. The highest BCUT2D eigenvalue weighted by molar-refractivity contribution is 5.79. The molecular weight excluding hydrogens is 354 g/mol. The molecule has 0 unspecified atom stereocenters. The first-order valence-electron chi connectivity index (χ1n) is 9.91. The lowest BCUT2D eigenvalue weighted by atomic mass is 9.93. The Morgan fingerprint density at radius 3 is 2.57 bits per heavy atom. The number of nitro benzene ring substituents is 1. The number of rotatable bonds is 4. The van der Waals surface area contributed by atoms with Gasteiger partial charge in [0.15, 0.2) is 0 Å². The molecule has 2 heterocycles. The molecule has 2 aromatic carbocycles. The fourth-order valence-electron chi connectivity index (χ4n) is 4.32. The zero-order chi connectivity index (χ0) is 19.5. The number of amides is 1. The average Bonchev–Trinajstić information content (AvgIpc) is 2.73. The number of hydrogen-bond acceptors (Lipinski definition) is 4. The third-order valence-electron chi connectivity index (χ3n) is 5.85. The number of nitrogens with zero attached hydrogens (tertiary/aromatic N) is 3. The van der Waals surface area contributed by atoms with E-state index in [4.69, 9.17) is 0 Å². The van der Waals surface area contributed by atoms with Crippen LogP contribution in [-0.4, -0.2) is 40.3 Å². The number of carbonyl (C=O) groups is 1. The molecule has 1 saturated heterocycles. The van der Waals surface area contributed by atoms with Crippen molar-refractivity contribution in [1.29, 1.82) is 0 Å². The molecule has 0 aromatic heterocycles. The summed E-state index contributed by atoms with van der Waals surface area (Å²) in [5.41, 5.74) is 3.78. The Labute approximate surface area is 164 Å². The number of piperidine rings is 1. The molecule has 4 rings (SSSR count). The molecular formula is C22H25N3O3. The Bertz CT molecular complexity index is 866. The van der Waals surface area contributed by atoms with E-state index >= 15 is 0 Å². The van der Waals surface area contributed by atoms with Crippen LogP contribution in [0, 0.1) is 16.0 Å². The second-order valence-corrected chi connectivity index (χ2v) is 7.78. The monoisotopic (exact) mass is 379 g/mol. The molecule has 28 heavy (non-hydrogen) atoms. The first-order chi connectivity index (χ1) is 13.6. The van der Waals surface area contributed by atoms with E-state index in [1.54, 1.807) is 12.1 Å². The van der Waals surface area contributed by atoms with E-state index in [0.717, 1.165) is 51.0 Å². The average molecular weight is 379 g/mol. The van der Waals surface area contributed by atoms with E-state index in [-0.39, 0.29) is 22.4 Å². The highest BCUT2D eigenvalue weighted by Gasteiger charge is 2.30. The summed E-state index contributed by atoms with van der Waals surface area (Å²) in [7, 11) is 0. The molecule has 1 atom stereocenters.